The molecule has 0 spiro atoms. The van der Waals surface area contributed by atoms with Gasteiger partial charge >= 0.3 is 0 Å². The van der Waals surface area contributed by atoms with Crippen LogP contribution in [0.5, 0.6) is 11.5 Å². The van der Waals surface area contributed by atoms with Gasteiger partial charge in [0.2, 0.25) is 6.79 Å². The number of nitrogens with zero attached hydrogens (tertiary/aromatic N) is 1. The third-order valence-corrected chi connectivity index (χ3v) is 2.88. The number of aromatic nitrogens is 3. The lowest BCUT2D eigenvalue weighted by molar-refractivity contribution is 0.174. The van der Waals surface area contributed by atoms with Crippen LogP contribution in [0.2, 0.25) is 0 Å². The monoisotopic (exact) mass is 229 g/mol. The molecule has 0 atom stereocenters. The Morgan fingerprint density at radius 3 is 2.94 bits per heavy atom. The maximum Gasteiger partial charge on any atom is 0.275 e. The van der Waals surface area contributed by atoms with Crippen LogP contribution in [-0.4, -0.2) is 21.7 Å². The molecule has 0 unspecified atom stereocenters. The van der Waals surface area contributed by atoms with E-state index >= 15 is 0 Å². The van der Waals surface area contributed by atoms with Gasteiger partial charge < -0.3 is 19.4 Å². The third kappa shape index (κ3) is 1.04. The predicted octanol–water partition coefficient (Wildman–Crippen LogP) is 1.13. The van der Waals surface area contributed by atoms with E-state index in [4.69, 9.17) is 9.47 Å². The van der Waals surface area contributed by atoms with E-state index in [9.17, 15) is 4.79 Å². The van der Waals surface area contributed by atoms with Crippen molar-refractivity contribution < 1.29 is 9.47 Å². The molecule has 0 fully saturated rings. The van der Waals surface area contributed by atoms with Gasteiger partial charge in [-0.15, -0.1) is 0 Å². The van der Waals surface area contributed by atoms with Crippen molar-refractivity contribution in [3.8, 4) is 11.5 Å². The van der Waals surface area contributed by atoms with E-state index in [-0.39, 0.29) is 12.4 Å². The highest BCUT2D eigenvalue weighted by Gasteiger charge is 2.17. The van der Waals surface area contributed by atoms with E-state index in [0.717, 1.165) is 10.9 Å². The molecule has 0 saturated heterocycles. The average molecular weight is 229 g/mol. The molecular formula is C11H7N3O3. The van der Waals surface area contributed by atoms with Crippen molar-refractivity contribution in [1.82, 2.24) is 15.0 Å². The van der Waals surface area contributed by atoms with Gasteiger partial charge in [0.15, 0.2) is 11.5 Å². The lowest BCUT2D eigenvalue weighted by Crippen LogP contribution is -2.05. The Bertz CT molecular complexity index is 803. The first kappa shape index (κ1) is 8.63. The van der Waals surface area contributed by atoms with E-state index in [0.29, 0.717) is 22.5 Å². The number of aromatic amines is 2. The molecule has 0 amide bonds. The van der Waals surface area contributed by atoms with Gasteiger partial charge in [0, 0.05) is 11.5 Å². The van der Waals surface area contributed by atoms with Crippen molar-refractivity contribution in [2.75, 3.05) is 6.79 Å². The van der Waals surface area contributed by atoms with Gasteiger partial charge in [0.1, 0.15) is 11.0 Å². The minimum Gasteiger partial charge on any atom is -0.454 e. The summed E-state index contributed by atoms with van der Waals surface area (Å²) in [4.78, 5) is 21.4. The Balaban J connectivity index is 2.23. The summed E-state index contributed by atoms with van der Waals surface area (Å²) in [6.07, 6.45) is 1.39. The van der Waals surface area contributed by atoms with Gasteiger partial charge in [-0.25, -0.2) is 4.98 Å². The summed E-state index contributed by atoms with van der Waals surface area (Å²) in [6.45, 7) is 0.230. The van der Waals surface area contributed by atoms with Crippen LogP contribution < -0.4 is 15.0 Å². The molecule has 0 saturated carbocycles. The molecule has 1 aliphatic heterocycles. The van der Waals surface area contributed by atoms with Crippen LogP contribution in [0, 0.1) is 0 Å². The summed E-state index contributed by atoms with van der Waals surface area (Å²) in [5.41, 5.74) is 1.73. The molecule has 0 radical (unpaired) electrons. The number of hydrogen-bond donors (Lipinski definition) is 2. The molecular weight excluding hydrogens is 222 g/mol. The predicted molar refractivity (Wildman–Crippen MR) is 60.3 cm³/mol. The molecule has 4 rings (SSSR count). The maximum atomic E-state index is 11.6. The van der Waals surface area contributed by atoms with Crippen molar-refractivity contribution in [1.29, 1.82) is 0 Å². The minimum atomic E-state index is -0.187. The molecule has 3 heterocycles. The maximum absolute atomic E-state index is 11.6. The van der Waals surface area contributed by atoms with Crippen molar-refractivity contribution in [2.45, 2.75) is 0 Å². The van der Waals surface area contributed by atoms with Gasteiger partial charge in [-0.05, 0) is 6.07 Å². The van der Waals surface area contributed by atoms with E-state index in [1.807, 2.05) is 12.1 Å². The molecule has 84 valence electrons. The Kier molecular flexibility index (Phi) is 1.42. The number of benzene rings is 1. The van der Waals surface area contributed by atoms with Crippen LogP contribution >= 0.6 is 0 Å². The van der Waals surface area contributed by atoms with Gasteiger partial charge in [-0.1, -0.05) is 0 Å². The summed E-state index contributed by atoms with van der Waals surface area (Å²) in [5, 5.41) is 0.857. The molecule has 0 bridgehead atoms. The topological polar surface area (TPSA) is 80.0 Å². The smallest absolute Gasteiger partial charge is 0.275 e. The van der Waals surface area contributed by atoms with Crippen molar-refractivity contribution in [2.24, 2.45) is 0 Å². The number of fused-ring (bicyclic) bond motifs is 4. The quantitative estimate of drug-likeness (QED) is 0.605. The van der Waals surface area contributed by atoms with Crippen molar-refractivity contribution in [3.63, 3.8) is 0 Å². The Morgan fingerprint density at radius 2 is 2.06 bits per heavy atom. The molecule has 1 aliphatic rings. The zero-order chi connectivity index (χ0) is 11.4. The fourth-order valence-electron chi connectivity index (χ4n) is 2.10. The van der Waals surface area contributed by atoms with Crippen LogP contribution in [-0.2, 0) is 0 Å². The first-order valence-corrected chi connectivity index (χ1v) is 5.11. The van der Waals surface area contributed by atoms with E-state index in [1.54, 1.807) is 0 Å². The molecule has 3 aromatic rings. The van der Waals surface area contributed by atoms with Crippen LogP contribution in [0.1, 0.15) is 0 Å². The molecule has 1 aromatic carbocycles. The standard InChI is InChI=1S/C11H7N3O3/c15-11-10-9(12-3-13-11)5-1-7-8(17-4-16-7)2-6(5)14-10/h1-3,14H,4H2,(H,12,13,15). The summed E-state index contributed by atoms with van der Waals surface area (Å²) in [5.74, 6) is 1.36. The first-order valence-electron chi connectivity index (χ1n) is 5.11. The second-order valence-electron chi connectivity index (χ2n) is 3.83. The lowest BCUT2D eigenvalue weighted by atomic mass is 10.2. The van der Waals surface area contributed by atoms with Gasteiger partial charge in [-0.2, -0.15) is 0 Å². The normalized spacial score (nSPS) is 13.6. The largest absolute Gasteiger partial charge is 0.454 e. The van der Waals surface area contributed by atoms with Gasteiger partial charge in [-0.3, -0.25) is 4.79 Å². The first-order chi connectivity index (χ1) is 8.33. The van der Waals surface area contributed by atoms with Crippen molar-refractivity contribution in [3.05, 3.63) is 28.8 Å². The number of ether oxygens (including phenoxy) is 2. The van der Waals surface area contributed by atoms with Crippen molar-refractivity contribution >= 4 is 21.9 Å². The van der Waals surface area contributed by atoms with Crippen LogP contribution in [0.25, 0.3) is 21.9 Å². The van der Waals surface area contributed by atoms with Crippen LogP contribution in [0.4, 0.5) is 0 Å². The summed E-state index contributed by atoms with van der Waals surface area (Å²) in [7, 11) is 0. The zero-order valence-electron chi connectivity index (χ0n) is 8.61. The summed E-state index contributed by atoms with van der Waals surface area (Å²) < 4.78 is 10.6. The minimum absolute atomic E-state index is 0.187. The van der Waals surface area contributed by atoms with Crippen LogP contribution in [0.3, 0.4) is 0 Å². The number of nitrogens with one attached hydrogen (secondary N) is 2. The second kappa shape index (κ2) is 2.79. The summed E-state index contributed by atoms with van der Waals surface area (Å²) >= 11 is 0. The highest BCUT2D eigenvalue weighted by Crippen LogP contribution is 2.37. The molecule has 17 heavy (non-hydrogen) atoms. The van der Waals surface area contributed by atoms with E-state index < -0.39 is 0 Å². The van der Waals surface area contributed by atoms with E-state index in [1.165, 1.54) is 6.33 Å². The Hall–Kier alpha value is -2.50. The Morgan fingerprint density at radius 1 is 1.24 bits per heavy atom. The molecule has 2 N–H and O–H groups in total. The highest BCUT2D eigenvalue weighted by atomic mass is 16.7. The highest BCUT2D eigenvalue weighted by molar-refractivity contribution is 6.05. The molecule has 0 aliphatic carbocycles. The SMILES string of the molecule is O=c1[nH]cnc2c1[nH]c1cc3c(cc12)OCO3. The molecule has 2 aromatic heterocycles. The lowest BCUT2D eigenvalue weighted by Gasteiger charge is -1.95. The number of hydrogen-bond acceptors (Lipinski definition) is 4. The Labute approximate surface area is 94.2 Å². The zero-order valence-corrected chi connectivity index (χ0v) is 8.61. The third-order valence-electron chi connectivity index (χ3n) is 2.88. The van der Waals surface area contributed by atoms with E-state index in [2.05, 4.69) is 15.0 Å². The fourth-order valence-corrected chi connectivity index (χ4v) is 2.10. The second-order valence-corrected chi connectivity index (χ2v) is 3.83. The molecule has 6 heteroatoms. The van der Waals surface area contributed by atoms with Gasteiger partial charge in [0.25, 0.3) is 5.56 Å². The fraction of sp³-hybridized carbons (Fsp3) is 0.0909. The number of H-pyrrole nitrogens is 2. The molecule has 6 nitrogen and oxygen atoms in total. The average Bonchev–Trinajstić information content (AvgIpc) is 2.90. The van der Waals surface area contributed by atoms with Gasteiger partial charge in [0.05, 0.1) is 11.8 Å². The van der Waals surface area contributed by atoms with Crippen LogP contribution in [0.15, 0.2) is 23.3 Å². The number of rotatable bonds is 0. The summed E-state index contributed by atoms with van der Waals surface area (Å²) in [6, 6.07) is 3.65.